The number of aliphatic hydroxyl groups excluding tert-OH is 1. The van der Waals surface area contributed by atoms with Gasteiger partial charge >= 0.3 is 6.18 Å². The third-order valence-corrected chi connectivity index (χ3v) is 6.11. The van der Waals surface area contributed by atoms with Crippen molar-refractivity contribution < 1.29 is 27.8 Å². The Hall–Kier alpha value is -2.53. The number of hydrogen-bond acceptors (Lipinski definition) is 7. The van der Waals surface area contributed by atoms with Crippen molar-refractivity contribution in [1.82, 2.24) is 10.2 Å². The Labute approximate surface area is 194 Å². The molecule has 0 saturated heterocycles. The molecule has 6 nitrogen and oxygen atoms in total. The normalized spacial score (nSPS) is 13.6. The largest absolute Gasteiger partial charge is 0.491 e. The Kier molecular flexibility index (Phi) is 8.41. The first-order valence-electron chi connectivity index (χ1n) is 10.4. The predicted octanol–water partition coefficient (Wildman–Crippen LogP) is 4.42. The zero-order valence-corrected chi connectivity index (χ0v) is 19.0. The number of halogens is 3. The van der Waals surface area contributed by atoms with E-state index in [4.69, 9.17) is 15.2 Å². The summed E-state index contributed by atoms with van der Waals surface area (Å²) in [5.41, 5.74) is 5.35. The Morgan fingerprint density at radius 1 is 1.03 bits per heavy atom. The summed E-state index contributed by atoms with van der Waals surface area (Å²) in [6.07, 6.45) is -2.92. The summed E-state index contributed by atoms with van der Waals surface area (Å²) in [5, 5.41) is 17.8. The standard InChI is InChI=1S/C23H26F3N3O3S/c1-22(27,15-30)21-29-28-20(33-21)17-9-10-19(18(14-17)23(24,25)26)32-13-12-31-11-5-8-16-6-3-2-4-7-16/h2-4,6-7,9-10,14,30H,5,8,11-13,15,27H2,1H3/t22-/m0/s1. The van der Waals surface area contributed by atoms with Gasteiger partial charge in [-0.3, -0.25) is 0 Å². The molecule has 0 bridgehead atoms. The van der Waals surface area contributed by atoms with Gasteiger partial charge in [-0.1, -0.05) is 41.7 Å². The molecule has 0 fully saturated rings. The highest BCUT2D eigenvalue weighted by atomic mass is 32.1. The zero-order chi connectivity index (χ0) is 23.9. The first-order valence-corrected chi connectivity index (χ1v) is 11.2. The van der Waals surface area contributed by atoms with Gasteiger partial charge in [-0.05, 0) is 43.5 Å². The van der Waals surface area contributed by atoms with Gasteiger partial charge in [0.2, 0.25) is 0 Å². The first kappa shape index (κ1) is 25.1. The van der Waals surface area contributed by atoms with Gasteiger partial charge in [-0.15, -0.1) is 10.2 Å². The second-order valence-corrected chi connectivity index (χ2v) is 8.72. The third kappa shape index (κ3) is 6.97. The van der Waals surface area contributed by atoms with Gasteiger partial charge in [0.05, 0.1) is 24.3 Å². The van der Waals surface area contributed by atoms with Gasteiger partial charge < -0.3 is 20.3 Å². The molecule has 0 amide bonds. The minimum atomic E-state index is -4.61. The van der Waals surface area contributed by atoms with E-state index in [-0.39, 0.29) is 36.1 Å². The summed E-state index contributed by atoms with van der Waals surface area (Å²) in [5.74, 6) is -0.275. The number of hydrogen-bond donors (Lipinski definition) is 2. The molecule has 1 atom stereocenters. The van der Waals surface area contributed by atoms with Crippen molar-refractivity contribution in [1.29, 1.82) is 0 Å². The van der Waals surface area contributed by atoms with Gasteiger partial charge in [0, 0.05) is 12.2 Å². The van der Waals surface area contributed by atoms with E-state index in [9.17, 15) is 18.3 Å². The summed E-state index contributed by atoms with van der Waals surface area (Å²) >= 11 is 1.03. The van der Waals surface area contributed by atoms with Crippen LogP contribution in [-0.2, 0) is 22.9 Å². The first-order chi connectivity index (χ1) is 15.7. The van der Waals surface area contributed by atoms with Gasteiger partial charge in [0.25, 0.3) is 0 Å². The van der Waals surface area contributed by atoms with Gasteiger partial charge in [-0.2, -0.15) is 13.2 Å². The number of aromatic nitrogens is 2. The van der Waals surface area contributed by atoms with Crippen LogP contribution in [0.1, 0.15) is 29.5 Å². The molecule has 10 heteroatoms. The molecule has 3 aromatic rings. The van der Waals surface area contributed by atoms with Gasteiger partial charge in [0.15, 0.2) is 0 Å². The lowest BCUT2D eigenvalue weighted by atomic mass is 10.1. The summed E-state index contributed by atoms with van der Waals surface area (Å²) < 4.78 is 51.8. The van der Waals surface area contributed by atoms with Gasteiger partial charge in [-0.25, -0.2) is 0 Å². The molecule has 1 aromatic heterocycles. The molecule has 0 spiro atoms. The van der Waals surface area contributed by atoms with Crippen LogP contribution in [0.15, 0.2) is 48.5 Å². The maximum Gasteiger partial charge on any atom is 0.419 e. The Balaban J connectivity index is 1.57. The fraction of sp³-hybridized carbons (Fsp3) is 0.391. The fourth-order valence-corrected chi connectivity index (χ4v) is 3.87. The molecule has 3 N–H and O–H groups in total. The Morgan fingerprint density at radius 3 is 2.48 bits per heavy atom. The third-order valence-electron chi connectivity index (χ3n) is 4.86. The molecule has 33 heavy (non-hydrogen) atoms. The fourth-order valence-electron chi connectivity index (χ4n) is 2.98. The van der Waals surface area contributed by atoms with Crippen LogP contribution in [0.4, 0.5) is 13.2 Å². The van der Waals surface area contributed by atoms with E-state index in [1.165, 1.54) is 17.7 Å². The number of benzene rings is 2. The highest BCUT2D eigenvalue weighted by molar-refractivity contribution is 7.14. The van der Waals surface area contributed by atoms with Crippen molar-refractivity contribution in [2.45, 2.75) is 31.5 Å². The van der Waals surface area contributed by atoms with E-state index in [0.717, 1.165) is 30.2 Å². The number of alkyl halides is 3. The highest BCUT2D eigenvalue weighted by Crippen LogP contribution is 2.39. The van der Waals surface area contributed by atoms with Crippen molar-refractivity contribution in [2.24, 2.45) is 5.73 Å². The molecule has 178 valence electrons. The number of rotatable bonds is 11. The monoisotopic (exact) mass is 481 g/mol. The quantitative estimate of drug-likeness (QED) is 0.394. The minimum absolute atomic E-state index is 0.00124. The molecule has 0 aliphatic rings. The zero-order valence-electron chi connectivity index (χ0n) is 18.1. The maximum absolute atomic E-state index is 13.6. The van der Waals surface area contributed by atoms with Crippen LogP contribution in [0, 0.1) is 0 Å². The molecule has 0 unspecified atom stereocenters. The SMILES string of the molecule is C[C@](N)(CO)c1nnc(-c2ccc(OCCOCCCc3ccccc3)c(C(F)(F)F)c2)s1. The topological polar surface area (TPSA) is 90.5 Å². The molecular formula is C23H26F3N3O3S. The summed E-state index contributed by atoms with van der Waals surface area (Å²) in [6, 6.07) is 13.7. The van der Waals surface area contributed by atoms with E-state index < -0.39 is 17.3 Å². The van der Waals surface area contributed by atoms with E-state index >= 15 is 0 Å². The van der Waals surface area contributed by atoms with Crippen LogP contribution in [0.3, 0.4) is 0 Å². The molecule has 0 aliphatic carbocycles. The lowest BCUT2D eigenvalue weighted by Gasteiger charge is -2.17. The van der Waals surface area contributed by atoms with Crippen LogP contribution in [0.25, 0.3) is 10.6 Å². The van der Waals surface area contributed by atoms with Gasteiger partial charge in [0.1, 0.15) is 22.4 Å². The van der Waals surface area contributed by atoms with E-state index in [0.29, 0.717) is 11.6 Å². The second-order valence-electron chi connectivity index (χ2n) is 7.75. The maximum atomic E-state index is 13.6. The number of aliphatic hydroxyl groups is 1. The van der Waals surface area contributed by atoms with Crippen LogP contribution in [-0.4, -0.2) is 41.7 Å². The van der Waals surface area contributed by atoms with Crippen molar-refractivity contribution in [3.05, 3.63) is 64.7 Å². The Bertz CT molecular complexity index is 1030. The molecule has 1 heterocycles. The predicted molar refractivity (Wildman–Crippen MR) is 120 cm³/mol. The van der Waals surface area contributed by atoms with Crippen LogP contribution in [0.2, 0.25) is 0 Å². The lowest BCUT2D eigenvalue weighted by Crippen LogP contribution is -2.36. The van der Waals surface area contributed by atoms with Crippen molar-refractivity contribution in [3.8, 4) is 16.3 Å². The van der Waals surface area contributed by atoms with Crippen LogP contribution < -0.4 is 10.5 Å². The summed E-state index contributed by atoms with van der Waals surface area (Å²) in [7, 11) is 0. The lowest BCUT2D eigenvalue weighted by molar-refractivity contribution is -0.139. The van der Waals surface area contributed by atoms with Crippen molar-refractivity contribution in [2.75, 3.05) is 26.4 Å². The molecular weight excluding hydrogens is 455 g/mol. The van der Waals surface area contributed by atoms with Crippen molar-refractivity contribution >= 4 is 11.3 Å². The smallest absolute Gasteiger partial charge is 0.419 e. The molecule has 0 aliphatic heterocycles. The molecule has 2 aromatic carbocycles. The highest BCUT2D eigenvalue weighted by Gasteiger charge is 2.35. The van der Waals surface area contributed by atoms with Crippen LogP contribution >= 0.6 is 11.3 Å². The average Bonchev–Trinajstić information content (AvgIpc) is 3.30. The molecule has 0 saturated carbocycles. The van der Waals surface area contributed by atoms with Crippen molar-refractivity contribution in [3.63, 3.8) is 0 Å². The Morgan fingerprint density at radius 2 is 1.79 bits per heavy atom. The van der Waals surface area contributed by atoms with E-state index in [1.807, 2.05) is 30.3 Å². The van der Waals surface area contributed by atoms with E-state index in [2.05, 4.69) is 10.2 Å². The summed E-state index contributed by atoms with van der Waals surface area (Å²) in [4.78, 5) is 0. The average molecular weight is 482 g/mol. The summed E-state index contributed by atoms with van der Waals surface area (Å²) in [6.45, 7) is 1.88. The number of nitrogens with two attached hydrogens (primary N) is 1. The molecule has 3 rings (SSSR count). The van der Waals surface area contributed by atoms with Crippen LogP contribution in [0.5, 0.6) is 5.75 Å². The second kappa shape index (κ2) is 11.1. The minimum Gasteiger partial charge on any atom is -0.491 e. The number of aryl methyl sites for hydroxylation is 1. The van der Waals surface area contributed by atoms with E-state index in [1.54, 1.807) is 6.92 Å². The number of nitrogens with zero attached hydrogens (tertiary/aromatic N) is 2. The number of ether oxygens (including phenoxy) is 2. The molecule has 0 radical (unpaired) electrons.